The molecule has 0 radical (unpaired) electrons. The van der Waals surface area contributed by atoms with Crippen molar-refractivity contribution in [2.24, 2.45) is 11.7 Å². The van der Waals surface area contributed by atoms with Crippen LogP contribution in [-0.4, -0.2) is 5.91 Å². The highest BCUT2D eigenvalue weighted by Crippen LogP contribution is 2.25. The minimum atomic E-state index is -0.333. The average Bonchev–Trinajstić information content (AvgIpc) is 2.05. The second kappa shape index (κ2) is 7.14. The van der Waals surface area contributed by atoms with Gasteiger partial charge in [0.2, 0.25) is 5.91 Å². The molecule has 0 heterocycles. The van der Waals surface area contributed by atoms with Crippen LogP contribution in [-0.2, 0) is 4.79 Å². The van der Waals surface area contributed by atoms with Gasteiger partial charge in [0.1, 0.15) is 0 Å². The fourth-order valence-corrected chi connectivity index (χ4v) is 1.60. The highest BCUT2D eigenvalue weighted by Gasteiger charge is 2.09. The van der Waals surface area contributed by atoms with E-state index in [1.54, 1.807) is 0 Å². The molecule has 0 atom stereocenters. The van der Waals surface area contributed by atoms with Gasteiger partial charge in [-0.2, -0.15) is 0 Å². The van der Waals surface area contributed by atoms with Crippen molar-refractivity contribution in [3.05, 3.63) is 0 Å². The number of hydrogen-bond donors (Lipinski definition) is 1. The minimum absolute atomic E-state index is 0. The van der Waals surface area contributed by atoms with E-state index in [9.17, 15) is 4.79 Å². The monoisotopic (exact) mass is 173 g/mol. The first-order valence-corrected chi connectivity index (χ1v) is 4.92. The summed E-state index contributed by atoms with van der Waals surface area (Å²) < 4.78 is 0. The minimum Gasteiger partial charge on any atom is -0.370 e. The van der Waals surface area contributed by atoms with Gasteiger partial charge in [0, 0.05) is 8.35 Å². The maximum absolute atomic E-state index is 9.22. The van der Waals surface area contributed by atoms with Crippen molar-refractivity contribution >= 4 is 5.91 Å². The smallest absolute Gasteiger partial charge is 0.214 e. The SMILES string of the molecule is CC(N)=O.CCC1CCCCC1.[HH]. The van der Waals surface area contributed by atoms with Crippen molar-refractivity contribution in [3.63, 3.8) is 0 Å². The van der Waals surface area contributed by atoms with Crippen molar-refractivity contribution in [3.8, 4) is 0 Å². The Labute approximate surface area is 77.0 Å². The van der Waals surface area contributed by atoms with E-state index < -0.39 is 0 Å². The van der Waals surface area contributed by atoms with Gasteiger partial charge >= 0.3 is 0 Å². The zero-order chi connectivity index (χ0) is 9.40. The van der Waals surface area contributed by atoms with E-state index in [0.29, 0.717) is 0 Å². The third-order valence-electron chi connectivity index (χ3n) is 2.30. The first kappa shape index (κ1) is 11.5. The van der Waals surface area contributed by atoms with E-state index in [-0.39, 0.29) is 7.33 Å². The topological polar surface area (TPSA) is 43.1 Å². The van der Waals surface area contributed by atoms with E-state index in [2.05, 4.69) is 12.7 Å². The molecule has 0 aliphatic heterocycles. The van der Waals surface area contributed by atoms with Gasteiger partial charge in [-0.25, -0.2) is 0 Å². The summed E-state index contributed by atoms with van der Waals surface area (Å²) in [5.74, 6) is 0.753. The van der Waals surface area contributed by atoms with Crippen LogP contribution in [0.1, 0.15) is 53.8 Å². The van der Waals surface area contributed by atoms with Crippen LogP contribution in [0, 0.1) is 5.92 Å². The van der Waals surface area contributed by atoms with Gasteiger partial charge in [0.15, 0.2) is 0 Å². The van der Waals surface area contributed by atoms with Gasteiger partial charge < -0.3 is 5.73 Å². The molecule has 0 spiro atoms. The molecule has 1 aliphatic carbocycles. The predicted molar refractivity (Wildman–Crippen MR) is 53.8 cm³/mol. The van der Waals surface area contributed by atoms with Crippen molar-refractivity contribution in [2.45, 2.75) is 52.4 Å². The summed E-state index contributed by atoms with van der Waals surface area (Å²) in [6, 6.07) is 0. The second-order valence-corrected chi connectivity index (χ2v) is 3.52. The fraction of sp³-hybridized carbons (Fsp3) is 0.900. The first-order valence-electron chi connectivity index (χ1n) is 4.92. The van der Waals surface area contributed by atoms with Crippen molar-refractivity contribution in [1.29, 1.82) is 0 Å². The molecule has 2 N–H and O–H groups in total. The van der Waals surface area contributed by atoms with Crippen LogP contribution < -0.4 is 5.73 Å². The van der Waals surface area contributed by atoms with E-state index in [1.807, 2.05) is 0 Å². The highest BCUT2D eigenvalue weighted by molar-refractivity contribution is 5.70. The Morgan fingerprint density at radius 3 is 2.08 bits per heavy atom. The Morgan fingerprint density at radius 2 is 1.83 bits per heavy atom. The summed E-state index contributed by atoms with van der Waals surface area (Å²) in [5, 5.41) is 0. The molecule has 1 rings (SSSR count). The Balaban J connectivity index is 0. The number of nitrogens with two attached hydrogens (primary N) is 1. The van der Waals surface area contributed by atoms with Gasteiger partial charge in [0.25, 0.3) is 0 Å². The predicted octanol–water partition coefficient (Wildman–Crippen LogP) is 2.71. The fourth-order valence-electron chi connectivity index (χ4n) is 1.60. The molecule has 1 aliphatic rings. The lowest BCUT2D eigenvalue weighted by Gasteiger charge is -2.18. The molecule has 0 aromatic carbocycles. The van der Waals surface area contributed by atoms with E-state index in [0.717, 1.165) is 5.92 Å². The third-order valence-corrected chi connectivity index (χ3v) is 2.30. The molecule has 74 valence electrons. The molecule has 1 fully saturated rings. The summed E-state index contributed by atoms with van der Waals surface area (Å²) in [5.41, 5.74) is 4.47. The zero-order valence-corrected chi connectivity index (χ0v) is 8.31. The van der Waals surface area contributed by atoms with Crippen LogP contribution in [0.15, 0.2) is 0 Å². The molecular formula is C10H23NO. The first-order chi connectivity index (χ1) is 5.66. The van der Waals surface area contributed by atoms with Crippen LogP contribution in [0.5, 0.6) is 0 Å². The van der Waals surface area contributed by atoms with Crippen LogP contribution in [0.25, 0.3) is 0 Å². The molecule has 0 saturated heterocycles. The maximum Gasteiger partial charge on any atom is 0.214 e. The second-order valence-electron chi connectivity index (χ2n) is 3.52. The molecule has 1 saturated carbocycles. The molecule has 12 heavy (non-hydrogen) atoms. The lowest BCUT2D eigenvalue weighted by Crippen LogP contribution is -2.03. The lowest BCUT2D eigenvalue weighted by atomic mass is 9.88. The molecule has 0 unspecified atom stereocenters. The Bertz CT molecular complexity index is 118. The van der Waals surface area contributed by atoms with Crippen LogP contribution in [0.3, 0.4) is 0 Å². The zero-order valence-electron chi connectivity index (χ0n) is 8.31. The van der Waals surface area contributed by atoms with Gasteiger partial charge in [-0.1, -0.05) is 45.4 Å². The van der Waals surface area contributed by atoms with Crippen molar-refractivity contribution in [2.75, 3.05) is 0 Å². The highest BCUT2D eigenvalue weighted by atomic mass is 16.1. The quantitative estimate of drug-likeness (QED) is 0.651. The molecular weight excluding hydrogens is 150 g/mol. The Kier molecular flexibility index (Phi) is 6.82. The van der Waals surface area contributed by atoms with Crippen LogP contribution >= 0.6 is 0 Å². The normalized spacial score (nSPS) is 17.8. The van der Waals surface area contributed by atoms with E-state index in [1.165, 1.54) is 45.4 Å². The molecule has 0 bridgehead atoms. The van der Waals surface area contributed by atoms with Crippen molar-refractivity contribution in [1.82, 2.24) is 0 Å². The summed E-state index contributed by atoms with van der Waals surface area (Å²) in [4.78, 5) is 9.22. The average molecular weight is 173 g/mol. The van der Waals surface area contributed by atoms with Gasteiger partial charge in [0.05, 0.1) is 0 Å². The number of rotatable bonds is 1. The van der Waals surface area contributed by atoms with Gasteiger partial charge in [-0.05, 0) is 5.92 Å². The molecule has 0 aromatic heterocycles. The van der Waals surface area contributed by atoms with Crippen LogP contribution in [0.2, 0.25) is 0 Å². The number of amides is 1. The standard InChI is InChI=1S/C8H16.C2H5NO.H2/c1-2-8-6-4-3-5-7-8;1-2(3)4;/h8H,2-7H2,1H3;1H3,(H2,3,4);1H. The number of carbonyl (C=O) groups is 1. The lowest BCUT2D eigenvalue weighted by molar-refractivity contribution is -0.115. The summed E-state index contributed by atoms with van der Waals surface area (Å²) in [6.07, 6.45) is 8.93. The summed E-state index contributed by atoms with van der Waals surface area (Å²) in [6.45, 7) is 3.62. The summed E-state index contributed by atoms with van der Waals surface area (Å²) in [7, 11) is 0. The maximum atomic E-state index is 9.22. The molecule has 2 nitrogen and oxygen atoms in total. The van der Waals surface area contributed by atoms with E-state index >= 15 is 0 Å². The van der Waals surface area contributed by atoms with Crippen molar-refractivity contribution < 1.29 is 6.22 Å². The number of hydrogen-bond acceptors (Lipinski definition) is 1. The van der Waals surface area contributed by atoms with Gasteiger partial charge in [-0.15, -0.1) is 0 Å². The number of carbonyl (C=O) groups excluding carboxylic acids is 1. The van der Waals surface area contributed by atoms with Gasteiger partial charge in [-0.3, -0.25) is 4.79 Å². The summed E-state index contributed by atoms with van der Waals surface area (Å²) >= 11 is 0. The molecule has 1 amide bonds. The Morgan fingerprint density at radius 1 is 1.42 bits per heavy atom. The largest absolute Gasteiger partial charge is 0.370 e. The number of primary amides is 1. The molecule has 2 heteroatoms. The third kappa shape index (κ3) is 7.58. The molecule has 0 aromatic rings. The van der Waals surface area contributed by atoms with E-state index in [4.69, 9.17) is 0 Å². The van der Waals surface area contributed by atoms with Crippen LogP contribution in [0.4, 0.5) is 0 Å². The Hall–Kier alpha value is -0.530.